The predicted molar refractivity (Wildman–Crippen MR) is 1.11 cm³/mol. The summed E-state index contributed by atoms with van der Waals surface area (Å²) in [7, 11) is 0. The molecule has 0 atom stereocenters. The Bertz CT molecular complexity index is 11.6. The number of hydrogen-bond donors (Lipinski definition) is 0. The van der Waals surface area contributed by atoms with Crippen molar-refractivity contribution in [2.45, 2.75) is 0 Å². The van der Waals surface area contributed by atoms with Crippen molar-refractivity contribution in [3.63, 3.8) is 0 Å². The molecule has 0 unspecified atom stereocenters. The molecule has 2 radical (unpaired) electrons. The first-order valence-corrected chi connectivity index (χ1v) is 0. The average molecular weight is 461 g/mol. The van der Waals surface area contributed by atoms with Crippen LogP contribution in [0.25, 0.3) is 0 Å². The Labute approximate surface area is 126 Å². The molecule has 0 rings (SSSR count). The van der Waals surface area contributed by atoms with Gasteiger partial charge in [-0.05, 0) is 0 Å². The van der Waals surface area contributed by atoms with Crippen molar-refractivity contribution < 1.29 is 130 Å². The second-order valence-electron chi connectivity index (χ2n) is 0. The van der Waals surface area contributed by atoms with E-state index in [9.17, 15) is 0 Å². The molecule has 0 N–H and O–H groups in total. The monoisotopic (exact) mass is 464 g/mol. The molecule has 0 aromatic heterocycles. The van der Waals surface area contributed by atoms with Crippen molar-refractivity contribution in [2.75, 3.05) is 0 Å². The molecule has 0 bridgehead atoms. The van der Waals surface area contributed by atoms with Crippen LogP contribution >= 0.6 is 0 Å². The van der Waals surface area contributed by atoms with Crippen LogP contribution in [-0.4, -0.2) is 0 Å². The number of hydrogen-bond acceptors (Lipinski definition) is 0. The van der Waals surface area contributed by atoms with Gasteiger partial charge in [-0.15, -0.1) is 0 Å². The summed E-state index contributed by atoms with van der Waals surface area (Å²) in [5, 5.41) is 0. The molecular formula is HKLaMoRe. The fraction of sp³-hybridized carbons (Fsp3) is 0. The van der Waals surface area contributed by atoms with E-state index in [1.807, 2.05) is 0 Å². The van der Waals surface area contributed by atoms with Crippen LogP contribution in [0.1, 0.15) is 1.43 Å². The van der Waals surface area contributed by atoms with Crippen molar-refractivity contribution in [2.24, 2.45) is 0 Å². The zero-order chi connectivity index (χ0) is 0. The van der Waals surface area contributed by atoms with E-state index in [-0.39, 0.29) is 130 Å². The maximum Gasteiger partial charge on any atom is 1.00 e. The standard InChI is InChI=1S/K.La.Mo.Re.H/q+1;;;;-1. The Balaban J connectivity index is 0. The van der Waals surface area contributed by atoms with Crippen LogP contribution in [0.5, 0.6) is 0 Å². The summed E-state index contributed by atoms with van der Waals surface area (Å²) in [6, 6.07) is 0. The minimum absolute atomic E-state index is 0. The van der Waals surface area contributed by atoms with Gasteiger partial charge in [-0.2, -0.15) is 0 Å². The van der Waals surface area contributed by atoms with E-state index in [4.69, 9.17) is 0 Å². The Morgan fingerprint density at radius 1 is 1.25 bits per heavy atom. The molecule has 18 valence electrons. The SMILES string of the molecule is [H-].[K+].[La].[Mo].[Re]. The zero-order valence-corrected chi connectivity index (χ0v) is 13.8. The van der Waals surface area contributed by atoms with Crippen molar-refractivity contribution in [1.29, 1.82) is 0 Å². The van der Waals surface area contributed by atoms with Crippen LogP contribution < -0.4 is 51.4 Å². The molecule has 0 saturated carbocycles. The van der Waals surface area contributed by atoms with Crippen LogP contribution in [-0.2, 0) is 41.5 Å². The van der Waals surface area contributed by atoms with Gasteiger partial charge in [0.1, 0.15) is 0 Å². The van der Waals surface area contributed by atoms with Crippen LogP contribution in [0.4, 0.5) is 0 Å². The fourth-order valence-electron chi connectivity index (χ4n) is 0. The fourth-order valence-corrected chi connectivity index (χ4v) is 0. The van der Waals surface area contributed by atoms with E-state index < -0.39 is 0 Å². The minimum atomic E-state index is 0. The van der Waals surface area contributed by atoms with Crippen LogP contribution in [0.2, 0.25) is 0 Å². The van der Waals surface area contributed by atoms with E-state index in [1.165, 1.54) is 0 Å². The van der Waals surface area contributed by atoms with Gasteiger partial charge in [0.05, 0.1) is 0 Å². The van der Waals surface area contributed by atoms with Gasteiger partial charge >= 0.3 is 51.4 Å². The molecule has 0 aliphatic rings. The molecular weight excluding hydrogens is 460 g/mol. The molecule has 0 aromatic rings. The van der Waals surface area contributed by atoms with Crippen molar-refractivity contribution >= 4 is 0 Å². The van der Waals surface area contributed by atoms with Gasteiger partial charge in [-0.3, -0.25) is 0 Å². The summed E-state index contributed by atoms with van der Waals surface area (Å²) in [6.45, 7) is 0. The van der Waals surface area contributed by atoms with E-state index in [2.05, 4.69) is 0 Å². The third-order valence-electron chi connectivity index (χ3n) is 0. The molecule has 0 saturated heterocycles. The van der Waals surface area contributed by atoms with Gasteiger partial charge in [0, 0.05) is 77.1 Å². The summed E-state index contributed by atoms with van der Waals surface area (Å²) in [4.78, 5) is 0. The topological polar surface area (TPSA) is 0 Å². The molecule has 0 aliphatic heterocycles. The summed E-state index contributed by atoms with van der Waals surface area (Å²) in [5.74, 6) is 0. The van der Waals surface area contributed by atoms with Crippen LogP contribution in [0, 0.1) is 35.6 Å². The Morgan fingerprint density at radius 3 is 1.25 bits per heavy atom. The summed E-state index contributed by atoms with van der Waals surface area (Å²) in [5.41, 5.74) is 0. The predicted octanol–water partition coefficient (Wildman–Crippen LogP) is -2.89. The van der Waals surface area contributed by atoms with Gasteiger partial charge in [0.15, 0.2) is 0 Å². The molecule has 0 fully saturated rings. The molecule has 0 heterocycles. The smallest absolute Gasteiger partial charge is 1.00 e. The molecule has 0 aliphatic carbocycles. The van der Waals surface area contributed by atoms with Gasteiger partial charge in [0.2, 0.25) is 0 Å². The van der Waals surface area contributed by atoms with Crippen molar-refractivity contribution in [1.82, 2.24) is 0 Å². The Morgan fingerprint density at radius 2 is 1.25 bits per heavy atom. The van der Waals surface area contributed by atoms with Gasteiger partial charge in [-0.25, -0.2) is 0 Å². The molecule has 0 nitrogen and oxygen atoms in total. The summed E-state index contributed by atoms with van der Waals surface area (Å²) < 4.78 is 0. The van der Waals surface area contributed by atoms with Gasteiger partial charge in [-0.1, -0.05) is 0 Å². The summed E-state index contributed by atoms with van der Waals surface area (Å²) in [6.07, 6.45) is 0. The normalized spacial score (nSPS) is 0. The second kappa shape index (κ2) is 15.7. The van der Waals surface area contributed by atoms with E-state index in [0.29, 0.717) is 0 Å². The van der Waals surface area contributed by atoms with Crippen LogP contribution in [0.3, 0.4) is 0 Å². The number of rotatable bonds is 0. The van der Waals surface area contributed by atoms with Crippen molar-refractivity contribution in [3.05, 3.63) is 0 Å². The minimum Gasteiger partial charge on any atom is -1.00 e. The first kappa shape index (κ1) is 24.1. The first-order chi connectivity index (χ1) is 0. The van der Waals surface area contributed by atoms with E-state index in [0.717, 1.165) is 0 Å². The third kappa shape index (κ3) is 9.49. The first-order valence-electron chi connectivity index (χ1n) is 0. The van der Waals surface area contributed by atoms with E-state index in [1.54, 1.807) is 0 Å². The van der Waals surface area contributed by atoms with E-state index >= 15 is 0 Å². The van der Waals surface area contributed by atoms with Gasteiger partial charge < -0.3 is 1.43 Å². The quantitative estimate of drug-likeness (QED) is 0.340. The van der Waals surface area contributed by atoms with Gasteiger partial charge in [0.25, 0.3) is 0 Å². The summed E-state index contributed by atoms with van der Waals surface area (Å²) >= 11 is 0. The average Bonchev–Trinajstić information content (AvgIpc) is 0. The molecule has 0 aromatic carbocycles. The van der Waals surface area contributed by atoms with Crippen LogP contribution in [0.15, 0.2) is 0 Å². The Kier molecular flexibility index (Phi) is 94.7. The largest absolute Gasteiger partial charge is 1.00 e. The zero-order valence-electron chi connectivity index (χ0n) is 3.36. The molecule has 0 amide bonds. The molecule has 0 spiro atoms. The van der Waals surface area contributed by atoms with Crippen molar-refractivity contribution in [3.8, 4) is 0 Å². The third-order valence-corrected chi connectivity index (χ3v) is 0. The molecule has 4 heteroatoms. The molecule has 4 heavy (non-hydrogen) atoms. The maximum atomic E-state index is 0. The second-order valence-corrected chi connectivity index (χ2v) is 0. The maximum absolute atomic E-state index is 0. The Hall–Kier alpha value is 4.18.